The zero-order valence-electron chi connectivity index (χ0n) is 36.7. The van der Waals surface area contributed by atoms with Crippen molar-refractivity contribution < 1.29 is 0 Å². The summed E-state index contributed by atoms with van der Waals surface area (Å²) < 4.78 is 2.57. The van der Waals surface area contributed by atoms with E-state index in [1.165, 1.54) is 88.5 Å². The predicted octanol–water partition coefficient (Wildman–Crippen LogP) is 12.4. The first-order valence-electron chi connectivity index (χ1n) is 21.0. The molecule has 0 atom stereocenters. The first-order chi connectivity index (χ1) is 27.1. The molecule has 0 amide bonds. The molecule has 0 spiro atoms. The summed E-state index contributed by atoms with van der Waals surface area (Å²) in [4.78, 5) is 0. The summed E-state index contributed by atoms with van der Waals surface area (Å²) in [6.45, 7) is 30.2. The van der Waals surface area contributed by atoms with Gasteiger partial charge in [0.25, 0.3) is 6.71 Å². The van der Waals surface area contributed by atoms with Crippen molar-refractivity contribution in [1.82, 2.24) is 4.57 Å². The summed E-state index contributed by atoms with van der Waals surface area (Å²) in [7, 11) is 0. The Morgan fingerprint density at radius 1 is 0.552 bits per heavy atom. The van der Waals surface area contributed by atoms with Gasteiger partial charge in [0.1, 0.15) is 0 Å². The van der Waals surface area contributed by atoms with E-state index in [1.807, 2.05) is 12.1 Å². The van der Waals surface area contributed by atoms with Gasteiger partial charge in [0.05, 0.1) is 17.1 Å². The zero-order chi connectivity index (χ0) is 41.4. The highest BCUT2D eigenvalue weighted by molar-refractivity contribution is 7.00. The molecule has 2 aliphatic rings. The van der Waals surface area contributed by atoms with Gasteiger partial charge in [-0.15, -0.1) is 0 Å². The standard InChI is InChI=1S/C54H56BN3/c1-31-14-19-35(51(2,3)4)24-39(31)41-26-37(53(8,9)10)28-43-49(41)57-45-22-34(33-17-15-32(30-56)16-18-33)23-47-48(45)55(43)44-29-38(54(11,12)13)27-42-40-25-36(52(5,6)7)20-21-46(40)58(47)50(42)44/h14-29,57H,1-13H3. The minimum atomic E-state index is -0.0720. The number of nitriles is 1. The third-order valence-corrected chi connectivity index (χ3v) is 13.0. The van der Waals surface area contributed by atoms with Crippen LogP contribution in [0, 0.1) is 18.3 Å². The highest BCUT2D eigenvalue weighted by Crippen LogP contribution is 2.44. The molecule has 0 unspecified atom stereocenters. The molecule has 2 aliphatic heterocycles. The number of fused-ring (bicyclic) bond motifs is 7. The molecule has 3 nitrogen and oxygen atoms in total. The third-order valence-electron chi connectivity index (χ3n) is 13.0. The molecule has 1 N–H and O–H groups in total. The average molecular weight is 758 g/mol. The van der Waals surface area contributed by atoms with Gasteiger partial charge in [0.2, 0.25) is 0 Å². The molecule has 0 saturated heterocycles. The van der Waals surface area contributed by atoms with Crippen molar-refractivity contribution in [1.29, 1.82) is 5.26 Å². The number of anilines is 2. The van der Waals surface area contributed by atoms with Gasteiger partial charge in [-0.1, -0.05) is 132 Å². The third kappa shape index (κ3) is 5.92. The fraction of sp³-hybridized carbons (Fsp3) is 0.315. The quantitative estimate of drug-likeness (QED) is 0.178. The number of hydrogen-bond acceptors (Lipinski definition) is 2. The Hall–Kier alpha value is -5.53. The Morgan fingerprint density at radius 2 is 1.12 bits per heavy atom. The van der Waals surface area contributed by atoms with Crippen molar-refractivity contribution in [3.05, 3.63) is 130 Å². The van der Waals surface area contributed by atoms with Crippen LogP contribution < -0.4 is 21.7 Å². The SMILES string of the molecule is Cc1ccc(C(C)(C)C)cc1-c1cc(C(C)(C)C)cc2c1Nc1cc(-c3ccc(C#N)cc3)cc3c1B2c1cc(C(C)(C)C)cc2c4cc(C(C)(C)C)ccc4n-3c12. The lowest BCUT2D eigenvalue weighted by atomic mass is 9.33. The molecule has 7 aromatic rings. The van der Waals surface area contributed by atoms with E-state index >= 15 is 0 Å². The van der Waals surface area contributed by atoms with Gasteiger partial charge in [0, 0.05) is 38.9 Å². The van der Waals surface area contributed by atoms with Crippen LogP contribution in [-0.4, -0.2) is 11.3 Å². The van der Waals surface area contributed by atoms with E-state index in [4.69, 9.17) is 0 Å². The summed E-state index contributed by atoms with van der Waals surface area (Å²) in [5.74, 6) is 0. The van der Waals surface area contributed by atoms with Crippen LogP contribution in [0.2, 0.25) is 0 Å². The second kappa shape index (κ2) is 12.5. The fourth-order valence-electron chi connectivity index (χ4n) is 9.35. The Balaban J connectivity index is 1.46. The van der Waals surface area contributed by atoms with E-state index in [2.05, 4.69) is 191 Å². The van der Waals surface area contributed by atoms with Crippen molar-refractivity contribution >= 4 is 56.3 Å². The molecule has 0 bridgehead atoms. The van der Waals surface area contributed by atoms with Gasteiger partial charge in [-0.05, 0) is 138 Å². The van der Waals surface area contributed by atoms with Gasteiger partial charge in [0.15, 0.2) is 0 Å². The summed E-state index contributed by atoms with van der Waals surface area (Å²) in [6.07, 6.45) is 0. The van der Waals surface area contributed by atoms with Crippen LogP contribution >= 0.6 is 0 Å². The van der Waals surface area contributed by atoms with E-state index in [1.54, 1.807) is 0 Å². The van der Waals surface area contributed by atoms with E-state index in [0.717, 1.165) is 16.8 Å². The Bertz CT molecular complexity index is 2910. The molecule has 6 aromatic carbocycles. The maximum atomic E-state index is 9.67. The van der Waals surface area contributed by atoms with Crippen LogP contribution in [0.15, 0.2) is 97.1 Å². The van der Waals surface area contributed by atoms with Gasteiger partial charge in [-0.25, -0.2) is 0 Å². The molecule has 9 rings (SSSR count). The van der Waals surface area contributed by atoms with Crippen molar-refractivity contribution in [2.45, 2.75) is 112 Å². The summed E-state index contributed by atoms with van der Waals surface area (Å²) >= 11 is 0. The van der Waals surface area contributed by atoms with Crippen LogP contribution in [-0.2, 0) is 21.7 Å². The summed E-state index contributed by atoms with van der Waals surface area (Å²) in [5, 5.41) is 16.4. The van der Waals surface area contributed by atoms with E-state index in [9.17, 15) is 5.26 Å². The molecule has 0 aliphatic carbocycles. The van der Waals surface area contributed by atoms with Gasteiger partial charge in [-0.2, -0.15) is 5.26 Å². The maximum Gasteiger partial charge on any atom is 0.252 e. The number of aryl methyl sites for hydroxylation is 1. The van der Waals surface area contributed by atoms with Crippen LogP contribution in [0.25, 0.3) is 49.7 Å². The van der Waals surface area contributed by atoms with Crippen molar-refractivity contribution in [3.63, 3.8) is 0 Å². The minimum absolute atomic E-state index is 0.00659. The van der Waals surface area contributed by atoms with Gasteiger partial charge < -0.3 is 9.88 Å². The molecule has 0 fully saturated rings. The number of nitrogens with one attached hydrogen (secondary N) is 1. The number of aromatic nitrogens is 1. The molecule has 3 heterocycles. The predicted molar refractivity (Wildman–Crippen MR) is 250 cm³/mol. The monoisotopic (exact) mass is 757 g/mol. The molecular formula is C54H56BN3. The molecule has 0 radical (unpaired) electrons. The summed E-state index contributed by atoms with van der Waals surface area (Å²) in [5.41, 5.74) is 22.1. The highest BCUT2D eigenvalue weighted by Gasteiger charge is 2.42. The number of hydrogen-bond donors (Lipinski definition) is 1. The summed E-state index contributed by atoms with van der Waals surface area (Å²) in [6, 6.07) is 39.4. The van der Waals surface area contributed by atoms with Crippen molar-refractivity contribution in [2.75, 3.05) is 5.32 Å². The van der Waals surface area contributed by atoms with Crippen LogP contribution in [0.3, 0.4) is 0 Å². The maximum absolute atomic E-state index is 9.67. The molecule has 0 saturated carbocycles. The lowest BCUT2D eigenvalue weighted by Gasteiger charge is -2.37. The molecule has 290 valence electrons. The lowest BCUT2D eigenvalue weighted by molar-refractivity contribution is 0.589. The topological polar surface area (TPSA) is 40.8 Å². The highest BCUT2D eigenvalue weighted by atomic mass is 15.0. The van der Waals surface area contributed by atoms with Gasteiger partial charge in [-0.3, -0.25) is 0 Å². The minimum Gasteiger partial charge on any atom is -0.356 e. The average Bonchev–Trinajstić information content (AvgIpc) is 3.48. The Morgan fingerprint density at radius 3 is 1.76 bits per heavy atom. The first kappa shape index (κ1) is 38.0. The molecular weight excluding hydrogens is 701 g/mol. The second-order valence-electron chi connectivity index (χ2n) is 21.3. The number of rotatable bonds is 2. The zero-order valence-corrected chi connectivity index (χ0v) is 36.7. The van der Waals surface area contributed by atoms with E-state index < -0.39 is 0 Å². The fourth-order valence-corrected chi connectivity index (χ4v) is 9.35. The van der Waals surface area contributed by atoms with E-state index in [-0.39, 0.29) is 28.4 Å². The van der Waals surface area contributed by atoms with Crippen LogP contribution in [0.5, 0.6) is 0 Å². The molecule has 1 aromatic heterocycles. The smallest absolute Gasteiger partial charge is 0.252 e. The number of nitrogens with zero attached hydrogens (tertiary/aromatic N) is 2. The van der Waals surface area contributed by atoms with Gasteiger partial charge >= 0.3 is 0 Å². The molecule has 4 heteroatoms. The molecule has 58 heavy (non-hydrogen) atoms. The lowest BCUT2D eigenvalue weighted by Crippen LogP contribution is -2.59. The van der Waals surface area contributed by atoms with E-state index in [0.29, 0.717) is 5.56 Å². The van der Waals surface area contributed by atoms with Crippen molar-refractivity contribution in [3.8, 4) is 34.0 Å². The van der Waals surface area contributed by atoms with Crippen LogP contribution in [0.1, 0.15) is 116 Å². The Labute approximate surface area is 346 Å². The first-order valence-corrected chi connectivity index (χ1v) is 21.0. The largest absolute Gasteiger partial charge is 0.356 e. The van der Waals surface area contributed by atoms with Crippen molar-refractivity contribution in [2.24, 2.45) is 0 Å². The van der Waals surface area contributed by atoms with Crippen LogP contribution in [0.4, 0.5) is 11.4 Å². The second-order valence-corrected chi connectivity index (χ2v) is 21.3. The Kier molecular flexibility index (Phi) is 8.19. The number of benzene rings is 6. The normalized spacial score (nSPS) is 13.7.